The first-order valence-electron chi connectivity index (χ1n) is 14.4. The first-order chi connectivity index (χ1) is 21.2. The lowest BCUT2D eigenvalue weighted by Gasteiger charge is -2.32. The molecule has 0 saturated carbocycles. The molecular formula is C28H38N4O14. The van der Waals surface area contributed by atoms with Crippen molar-refractivity contribution in [3.05, 3.63) is 0 Å². The lowest BCUT2D eigenvalue weighted by Crippen LogP contribution is -2.48. The highest BCUT2D eigenvalue weighted by Crippen LogP contribution is 2.34. The van der Waals surface area contributed by atoms with E-state index in [0.29, 0.717) is 10.1 Å². The summed E-state index contributed by atoms with van der Waals surface area (Å²) in [5.74, 6) is -9.18. The zero-order valence-electron chi connectivity index (χ0n) is 26.0. The van der Waals surface area contributed by atoms with Crippen molar-refractivity contribution in [1.82, 2.24) is 20.3 Å². The number of nitrogens with one attached hydrogen (secondary N) is 1. The zero-order valence-corrected chi connectivity index (χ0v) is 26.0. The van der Waals surface area contributed by atoms with Crippen LogP contribution in [0.5, 0.6) is 0 Å². The van der Waals surface area contributed by atoms with Gasteiger partial charge in [-0.1, -0.05) is 13.8 Å². The van der Waals surface area contributed by atoms with E-state index < -0.39 is 115 Å². The summed E-state index contributed by atoms with van der Waals surface area (Å²) < 4.78 is 0. The van der Waals surface area contributed by atoms with Gasteiger partial charge in [-0.25, -0.2) is 14.4 Å². The minimum atomic E-state index is -1.57. The Morgan fingerprint density at radius 1 is 0.739 bits per heavy atom. The third kappa shape index (κ3) is 10.3. The fourth-order valence-electron chi connectivity index (χ4n) is 4.72. The molecule has 18 nitrogen and oxygen atoms in total. The second kappa shape index (κ2) is 15.4. The Morgan fingerprint density at radius 2 is 1.15 bits per heavy atom. The Kier molecular flexibility index (Phi) is 12.5. The number of rotatable bonds is 17. The predicted octanol–water partition coefficient (Wildman–Crippen LogP) is -0.314. The van der Waals surface area contributed by atoms with Crippen LogP contribution in [0.1, 0.15) is 85.5 Å². The number of amides is 6. The van der Waals surface area contributed by atoms with E-state index in [-0.39, 0.29) is 32.1 Å². The summed E-state index contributed by atoms with van der Waals surface area (Å²) in [4.78, 5) is 132. The minimum Gasteiger partial charge on any atom is -0.481 e. The summed E-state index contributed by atoms with van der Waals surface area (Å²) in [6.07, 6.45) is -2.73. The summed E-state index contributed by atoms with van der Waals surface area (Å²) in [5, 5.41) is 22.1. The number of carbonyl (C=O) groups is 10. The smallest absolute Gasteiger partial charge is 0.334 e. The number of hydroxylamine groups is 4. The van der Waals surface area contributed by atoms with Gasteiger partial charge in [0.2, 0.25) is 11.8 Å². The van der Waals surface area contributed by atoms with E-state index in [1.807, 2.05) is 0 Å². The van der Waals surface area contributed by atoms with Crippen LogP contribution in [0, 0.1) is 10.8 Å². The molecule has 0 aromatic heterocycles. The molecule has 0 spiro atoms. The molecule has 2 rings (SSSR count). The normalized spacial score (nSPS) is 15.9. The first-order valence-corrected chi connectivity index (χ1v) is 14.4. The number of nitrogens with zero attached hydrogens (tertiary/aromatic N) is 3. The van der Waals surface area contributed by atoms with Gasteiger partial charge < -0.3 is 30.1 Å². The predicted molar refractivity (Wildman–Crippen MR) is 149 cm³/mol. The van der Waals surface area contributed by atoms with Crippen LogP contribution in [0.15, 0.2) is 0 Å². The molecule has 0 unspecified atom stereocenters. The number of hydrogen-bond acceptors (Lipinski definition) is 12. The number of carbonyl (C=O) groups excluding carboxylic acids is 8. The topological polar surface area (TPSA) is 251 Å². The quantitative estimate of drug-likeness (QED) is 0.170. The molecule has 2 fully saturated rings. The Hall–Kier alpha value is -4.90. The van der Waals surface area contributed by atoms with Gasteiger partial charge in [0.1, 0.15) is 6.04 Å². The molecule has 0 aromatic carbocycles. The van der Waals surface area contributed by atoms with Gasteiger partial charge in [-0.2, -0.15) is 0 Å². The van der Waals surface area contributed by atoms with Crippen LogP contribution in [0.2, 0.25) is 0 Å². The summed E-state index contributed by atoms with van der Waals surface area (Å²) in [5.41, 5.74) is -2.61. The summed E-state index contributed by atoms with van der Waals surface area (Å²) in [6, 6.07) is -1.57. The molecule has 0 radical (unpaired) electrons. The number of aliphatic carboxylic acids is 2. The molecule has 1 atom stereocenters. The molecule has 2 saturated heterocycles. The summed E-state index contributed by atoms with van der Waals surface area (Å²) >= 11 is 0. The molecule has 3 N–H and O–H groups in total. The van der Waals surface area contributed by atoms with Crippen LogP contribution < -0.4 is 5.32 Å². The van der Waals surface area contributed by atoms with E-state index in [4.69, 9.17) is 9.68 Å². The van der Waals surface area contributed by atoms with E-state index >= 15 is 0 Å². The van der Waals surface area contributed by atoms with Crippen molar-refractivity contribution in [3.8, 4) is 0 Å². The highest BCUT2D eigenvalue weighted by Gasteiger charge is 2.40. The third-order valence-corrected chi connectivity index (χ3v) is 7.25. The van der Waals surface area contributed by atoms with E-state index in [1.165, 1.54) is 27.7 Å². The minimum absolute atomic E-state index is 0.129. The molecule has 2 aliphatic rings. The Bertz CT molecular complexity index is 1220. The van der Waals surface area contributed by atoms with E-state index in [1.54, 1.807) is 0 Å². The molecule has 0 aliphatic carbocycles. The summed E-state index contributed by atoms with van der Waals surface area (Å²) in [6.45, 7) is 4.90. The number of hydrogen-bond donors (Lipinski definition) is 3. The largest absolute Gasteiger partial charge is 0.481 e. The van der Waals surface area contributed by atoms with Crippen molar-refractivity contribution < 1.29 is 67.8 Å². The van der Waals surface area contributed by atoms with E-state index in [2.05, 4.69) is 5.32 Å². The molecule has 254 valence electrons. The SMILES string of the molecule is CC(C)(CC(C)(C)C(=O)N[C@H](CCC(=O)N(CCC(=O)ON1C(=O)CCC1=O)CCC(=O)ON1C(=O)CCC1=O)C(=O)O)C(=O)O. The van der Waals surface area contributed by atoms with Crippen LogP contribution in [0.4, 0.5) is 0 Å². The average Bonchev–Trinajstić information content (AvgIpc) is 3.44. The lowest BCUT2D eigenvalue weighted by atomic mass is 9.74. The van der Waals surface area contributed by atoms with Crippen LogP contribution in [0.3, 0.4) is 0 Å². The molecule has 2 heterocycles. The average molecular weight is 655 g/mol. The van der Waals surface area contributed by atoms with Crippen molar-refractivity contribution >= 4 is 59.3 Å². The van der Waals surface area contributed by atoms with Crippen LogP contribution in [0.25, 0.3) is 0 Å². The van der Waals surface area contributed by atoms with Crippen molar-refractivity contribution in [2.75, 3.05) is 13.1 Å². The van der Waals surface area contributed by atoms with Gasteiger partial charge in [0.15, 0.2) is 0 Å². The number of carboxylic acids is 2. The molecular weight excluding hydrogens is 616 g/mol. The number of imide groups is 2. The maximum absolute atomic E-state index is 13.2. The van der Waals surface area contributed by atoms with E-state index in [0.717, 1.165) is 4.90 Å². The van der Waals surface area contributed by atoms with Crippen molar-refractivity contribution in [2.45, 2.75) is 91.5 Å². The Morgan fingerprint density at radius 3 is 1.52 bits per heavy atom. The van der Waals surface area contributed by atoms with Gasteiger partial charge in [-0.05, 0) is 26.7 Å². The van der Waals surface area contributed by atoms with Gasteiger partial charge in [0.05, 0.1) is 18.3 Å². The molecule has 18 heteroatoms. The molecule has 6 amide bonds. The molecule has 2 aliphatic heterocycles. The van der Waals surface area contributed by atoms with Crippen molar-refractivity contribution in [3.63, 3.8) is 0 Å². The lowest BCUT2D eigenvalue weighted by molar-refractivity contribution is -0.198. The molecule has 0 aromatic rings. The first kappa shape index (κ1) is 37.3. The zero-order chi connectivity index (χ0) is 35.0. The van der Waals surface area contributed by atoms with Crippen molar-refractivity contribution in [2.24, 2.45) is 10.8 Å². The standard InChI is InChI=1S/C28H38N4O14/c1-27(2,15-28(3,4)26(43)44)25(42)29-16(24(40)41)5-6-17(33)30(13-11-22(38)45-31-18(34)7-8-19(31)35)14-12-23(39)46-32-20(36)9-10-21(32)37/h16H,5-15H2,1-4H3,(H,29,42)(H,40,41)(H,43,44)/t16-/m1/s1. The van der Waals surface area contributed by atoms with Gasteiger partial charge in [0, 0.05) is 50.6 Å². The Labute approximate surface area is 263 Å². The van der Waals surface area contributed by atoms with Crippen LogP contribution in [-0.4, -0.2) is 104 Å². The van der Waals surface area contributed by atoms with Crippen LogP contribution >= 0.6 is 0 Å². The maximum atomic E-state index is 13.2. The Balaban J connectivity index is 2.08. The van der Waals surface area contributed by atoms with Crippen LogP contribution in [-0.2, 0) is 57.6 Å². The van der Waals surface area contributed by atoms with Gasteiger partial charge in [-0.15, -0.1) is 10.1 Å². The summed E-state index contributed by atoms with van der Waals surface area (Å²) in [7, 11) is 0. The molecule has 0 bridgehead atoms. The maximum Gasteiger partial charge on any atom is 0.334 e. The fourth-order valence-corrected chi connectivity index (χ4v) is 4.72. The highest BCUT2D eigenvalue weighted by atomic mass is 16.7. The second-order valence-corrected chi connectivity index (χ2v) is 12.1. The van der Waals surface area contributed by atoms with Gasteiger partial charge in [-0.3, -0.25) is 33.6 Å². The van der Waals surface area contributed by atoms with Gasteiger partial charge >= 0.3 is 23.9 Å². The highest BCUT2D eigenvalue weighted by molar-refractivity contribution is 6.02. The second-order valence-electron chi connectivity index (χ2n) is 12.1. The van der Waals surface area contributed by atoms with Gasteiger partial charge in [0.25, 0.3) is 23.6 Å². The third-order valence-electron chi connectivity index (χ3n) is 7.25. The molecule has 46 heavy (non-hydrogen) atoms. The number of carboxylic acid groups (broad SMARTS) is 2. The van der Waals surface area contributed by atoms with Crippen molar-refractivity contribution in [1.29, 1.82) is 0 Å². The van der Waals surface area contributed by atoms with E-state index in [9.17, 15) is 58.2 Å². The monoisotopic (exact) mass is 654 g/mol. The fraction of sp³-hybridized carbons (Fsp3) is 0.643.